The third-order valence-electron chi connectivity index (χ3n) is 3.94. The SMILES string of the molecule is O=C(NC1CCN(C2CC2)C1)c1ncccc1C#CCO. The Morgan fingerprint density at radius 3 is 3.10 bits per heavy atom. The molecular formula is C16H19N3O2. The predicted octanol–water partition coefficient (Wildman–Crippen LogP) is 0.392. The number of aromatic nitrogens is 1. The van der Waals surface area contributed by atoms with Crippen LogP contribution in [-0.4, -0.2) is 52.7 Å². The number of carbonyl (C=O) groups is 1. The third kappa shape index (κ3) is 3.41. The van der Waals surface area contributed by atoms with Crippen molar-refractivity contribution in [1.29, 1.82) is 0 Å². The summed E-state index contributed by atoms with van der Waals surface area (Å²) in [6.07, 6.45) is 5.17. The molecule has 1 saturated heterocycles. The van der Waals surface area contributed by atoms with Crippen LogP contribution < -0.4 is 5.32 Å². The van der Waals surface area contributed by atoms with Crippen LogP contribution in [0.15, 0.2) is 18.3 Å². The van der Waals surface area contributed by atoms with Crippen molar-refractivity contribution >= 4 is 5.91 Å². The topological polar surface area (TPSA) is 65.5 Å². The lowest BCUT2D eigenvalue weighted by Gasteiger charge is -2.15. The second-order valence-corrected chi connectivity index (χ2v) is 5.54. The molecule has 0 spiro atoms. The zero-order chi connectivity index (χ0) is 14.7. The Bertz CT molecular complexity index is 587. The highest BCUT2D eigenvalue weighted by atomic mass is 16.2. The van der Waals surface area contributed by atoms with E-state index < -0.39 is 0 Å². The fourth-order valence-corrected chi connectivity index (χ4v) is 2.75. The molecule has 2 heterocycles. The van der Waals surface area contributed by atoms with Gasteiger partial charge in [-0.05, 0) is 31.4 Å². The first-order chi connectivity index (χ1) is 10.3. The van der Waals surface area contributed by atoms with E-state index in [0.29, 0.717) is 11.3 Å². The minimum absolute atomic E-state index is 0.180. The summed E-state index contributed by atoms with van der Waals surface area (Å²) in [4.78, 5) is 18.9. The molecule has 1 saturated carbocycles. The van der Waals surface area contributed by atoms with Gasteiger partial charge in [-0.15, -0.1) is 0 Å². The molecule has 0 bridgehead atoms. The molecular weight excluding hydrogens is 266 g/mol. The molecule has 110 valence electrons. The van der Waals surface area contributed by atoms with Crippen LogP contribution in [0.25, 0.3) is 0 Å². The van der Waals surface area contributed by atoms with Gasteiger partial charge in [-0.2, -0.15) is 0 Å². The molecule has 1 aliphatic heterocycles. The number of nitrogens with one attached hydrogen (secondary N) is 1. The summed E-state index contributed by atoms with van der Waals surface area (Å²) in [5.74, 6) is 5.15. The van der Waals surface area contributed by atoms with Crippen molar-refractivity contribution in [3.63, 3.8) is 0 Å². The van der Waals surface area contributed by atoms with E-state index in [1.807, 2.05) is 0 Å². The van der Waals surface area contributed by atoms with E-state index in [1.165, 1.54) is 12.8 Å². The average molecular weight is 285 g/mol. The van der Waals surface area contributed by atoms with E-state index in [4.69, 9.17) is 5.11 Å². The van der Waals surface area contributed by atoms with E-state index in [2.05, 4.69) is 27.0 Å². The number of hydrogen-bond acceptors (Lipinski definition) is 4. The van der Waals surface area contributed by atoms with Gasteiger partial charge in [0.2, 0.25) is 0 Å². The number of likely N-dealkylation sites (tertiary alicyclic amines) is 1. The Kier molecular flexibility index (Phi) is 4.18. The molecule has 0 radical (unpaired) electrons. The molecule has 1 unspecified atom stereocenters. The van der Waals surface area contributed by atoms with Gasteiger partial charge in [-0.3, -0.25) is 9.69 Å². The van der Waals surface area contributed by atoms with Crippen molar-refractivity contribution in [3.05, 3.63) is 29.6 Å². The Hall–Kier alpha value is -1.90. The Labute approximate surface area is 124 Å². The van der Waals surface area contributed by atoms with Crippen LogP contribution in [0, 0.1) is 11.8 Å². The van der Waals surface area contributed by atoms with Crippen molar-refractivity contribution in [2.75, 3.05) is 19.7 Å². The van der Waals surface area contributed by atoms with Crippen LogP contribution in [0.4, 0.5) is 0 Å². The summed E-state index contributed by atoms with van der Waals surface area (Å²) in [5.41, 5.74) is 0.893. The van der Waals surface area contributed by atoms with Gasteiger partial charge in [0.05, 0.1) is 5.56 Å². The van der Waals surface area contributed by atoms with Gasteiger partial charge >= 0.3 is 0 Å². The van der Waals surface area contributed by atoms with Gasteiger partial charge in [-0.25, -0.2) is 4.98 Å². The monoisotopic (exact) mass is 285 g/mol. The summed E-state index contributed by atoms with van der Waals surface area (Å²) < 4.78 is 0. The number of aliphatic hydroxyl groups excluding tert-OH is 1. The van der Waals surface area contributed by atoms with Crippen LogP contribution in [0.5, 0.6) is 0 Å². The Morgan fingerprint density at radius 2 is 2.33 bits per heavy atom. The third-order valence-corrected chi connectivity index (χ3v) is 3.94. The van der Waals surface area contributed by atoms with Crippen LogP contribution in [0.1, 0.15) is 35.3 Å². The van der Waals surface area contributed by atoms with E-state index in [0.717, 1.165) is 25.6 Å². The van der Waals surface area contributed by atoms with E-state index >= 15 is 0 Å². The van der Waals surface area contributed by atoms with Crippen molar-refractivity contribution in [2.45, 2.75) is 31.3 Å². The summed E-state index contributed by atoms with van der Waals surface area (Å²) in [5, 5.41) is 11.8. The van der Waals surface area contributed by atoms with Gasteiger partial charge < -0.3 is 10.4 Å². The number of hydrogen-bond donors (Lipinski definition) is 2. The zero-order valence-corrected chi connectivity index (χ0v) is 11.9. The van der Waals surface area contributed by atoms with E-state index in [-0.39, 0.29) is 18.6 Å². The number of aliphatic hydroxyl groups is 1. The van der Waals surface area contributed by atoms with Gasteiger partial charge in [-0.1, -0.05) is 11.8 Å². The maximum absolute atomic E-state index is 12.4. The molecule has 5 heteroatoms. The summed E-state index contributed by atoms with van der Waals surface area (Å²) in [7, 11) is 0. The first-order valence-corrected chi connectivity index (χ1v) is 7.37. The first kappa shape index (κ1) is 14.1. The highest BCUT2D eigenvalue weighted by molar-refractivity contribution is 5.94. The second kappa shape index (κ2) is 6.25. The fourth-order valence-electron chi connectivity index (χ4n) is 2.75. The lowest BCUT2D eigenvalue weighted by atomic mass is 10.1. The summed E-state index contributed by atoms with van der Waals surface area (Å²) in [6, 6.07) is 4.42. The molecule has 21 heavy (non-hydrogen) atoms. The Balaban J connectivity index is 1.65. The smallest absolute Gasteiger partial charge is 0.271 e. The molecule has 1 aliphatic carbocycles. The largest absolute Gasteiger partial charge is 0.384 e. The van der Waals surface area contributed by atoms with Crippen molar-refractivity contribution in [2.24, 2.45) is 0 Å². The number of carbonyl (C=O) groups excluding carboxylic acids is 1. The van der Waals surface area contributed by atoms with Crippen LogP contribution >= 0.6 is 0 Å². The minimum Gasteiger partial charge on any atom is -0.384 e. The Morgan fingerprint density at radius 1 is 1.48 bits per heavy atom. The van der Waals surface area contributed by atoms with E-state index in [1.54, 1.807) is 18.3 Å². The fraction of sp³-hybridized carbons (Fsp3) is 0.500. The number of amides is 1. The van der Waals surface area contributed by atoms with Gasteiger partial charge in [0.15, 0.2) is 0 Å². The highest BCUT2D eigenvalue weighted by Crippen LogP contribution is 2.29. The van der Waals surface area contributed by atoms with Gasteiger partial charge in [0.25, 0.3) is 5.91 Å². The first-order valence-electron chi connectivity index (χ1n) is 7.37. The maximum Gasteiger partial charge on any atom is 0.271 e. The lowest BCUT2D eigenvalue weighted by molar-refractivity contribution is 0.0932. The molecule has 1 atom stereocenters. The molecule has 2 fully saturated rings. The normalized spacial score (nSPS) is 21.7. The van der Waals surface area contributed by atoms with E-state index in [9.17, 15) is 4.79 Å². The van der Waals surface area contributed by atoms with Crippen molar-refractivity contribution in [3.8, 4) is 11.8 Å². The molecule has 1 aromatic rings. The quantitative estimate of drug-likeness (QED) is 0.789. The summed E-state index contributed by atoms with van der Waals surface area (Å²) in [6.45, 7) is 1.77. The van der Waals surface area contributed by atoms with Crippen LogP contribution in [0.3, 0.4) is 0 Å². The molecule has 1 amide bonds. The van der Waals surface area contributed by atoms with Crippen LogP contribution in [0.2, 0.25) is 0 Å². The number of nitrogens with zero attached hydrogens (tertiary/aromatic N) is 2. The molecule has 5 nitrogen and oxygen atoms in total. The lowest BCUT2D eigenvalue weighted by Crippen LogP contribution is -2.38. The van der Waals surface area contributed by atoms with Crippen molar-refractivity contribution < 1.29 is 9.90 Å². The highest BCUT2D eigenvalue weighted by Gasteiger charge is 2.35. The molecule has 2 aliphatic rings. The number of pyridine rings is 1. The standard InChI is InChI=1S/C16H19N3O2/c20-10-2-4-12-3-1-8-17-15(12)16(21)18-13-7-9-19(11-13)14-5-6-14/h1,3,8,13-14,20H,5-7,9-11H2,(H,18,21). The molecule has 2 N–H and O–H groups in total. The van der Waals surface area contributed by atoms with Crippen LogP contribution in [-0.2, 0) is 0 Å². The van der Waals surface area contributed by atoms with Gasteiger partial charge in [0, 0.05) is 31.4 Å². The predicted molar refractivity (Wildman–Crippen MR) is 78.7 cm³/mol. The molecule has 3 rings (SSSR count). The summed E-state index contributed by atoms with van der Waals surface area (Å²) >= 11 is 0. The zero-order valence-electron chi connectivity index (χ0n) is 11.9. The molecule has 1 aromatic heterocycles. The number of rotatable bonds is 3. The minimum atomic E-state index is -0.227. The second-order valence-electron chi connectivity index (χ2n) is 5.54. The van der Waals surface area contributed by atoms with Gasteiger partial charge in [0.1, 0.15) is 12.3 Å². The average Bonchev–Trinajstić information content (AvgIpc) is 3.26. The maximum atomic E-state index is 12.4. The molecule has 0 aromatic carbocycles. The van der Waals surface area contributed by atoms with Crippen molar-refractivity contribution in [1.82, 2.24) is 15.2 Å².